The fourth-order valence-electron chi connectivity index (χ4n) is 2.17. The SMILES string of the molecule is CC(C)COc1ccccc1NC(=O)CCCOc1ccc(Cl)cc1Cl. The number of amides is 1. The first kappa shape index (κ1) is 20.4. The van der Waals surface area contributed by atoms with Crippen molar-refractivity contribution >= 4 is 34.8 Å². The first-order valence-corrected chi connectivity index (χ1v) is 9.31. The number of nitrogens with one attached hydrogen (secondary N) is 1. The van der Waals surface area contributed by atoms with Gasteiger partial charge in [0.15, 0.2) is 0 Å². The van der Waals surface area contributed by atoms with Gasteiger partial charge in [0.2, 0.25) is 5.91 Å². The molecule has 140 valence electrons. The number of ether oxygens (including phenoxy) is 2. The Bertz CT molecular complexity index is 735. The minimum Gasteiger partial charge on any atom is -0.492 e. The Balaban J connectivity index is 1.78. The number of anilines is 1. The molecule has 0 bridgehead atoms. The van der Waals surface area contributed by atoms with Gasteiger partial charge in [0.05, 0.1) is 23.9 Å². The predicted molar refractivity (Wildman–Crippen MR) is 107 cm³/mol. The number of rotatable bonds is 9. The van der Waals surface area contributed by atoms with Gasteiger partial charge in [-0.25, -0.2) is 0 Å². The third-order valence-corrected chi connectivity index (χ3v) is 3.96. The number of hydrogen-bond acceptors (Lipinski definition) is 3. The third-order valence-electron chi connectivity index (χ3n) is 3.43. The average Bonchev–Trinajstić information content (AvgIpc) is 2.59. The smallest absolute Gasteiger partial charge is 0.224 e. The summed E-state index contributed by atoms with van der Waals surface area (Å²) < 4.78 is 11.3. The topological polar surface area (TPSA) is 47.6 Å². The Kier molecular flexibility index (Phi) is 8.07. The van der Waals surface area contributed by atoms with Crippen LogP contribution in [-0.4, -0.2) is 19.1 Å². The van der Waals surface area contributed by atoms with E-state index in [0.717, 1.165) is 0 Å². The van der Waals surface area contributed by atoms with E-state index in [-0.39, 0.29) is 5.91 Å². The maximum absolute atomic E-state index is 12.2. The van der Waals surface area contributed by atoms with Crippen LogP contribution in [0.4, 0.5) is 5.69 Å². The number of para-hydroxylation sites is 2. The van der Waals surface area contributed by atoms with Crippen molar-refractivity contribution in [1.82, 2.24) is 0 Å². The summed E-state index contributed by atoms with van der Waals surface area (Å²) in [6.45, 7) is 5.14. The molecule has 0 fully saturated rings. The number of benzene rings is 2. The van der Waals surface area contributed by atoms with E-state index in [4.69, 9.17) is 32.7 Å². The summed E-state index contributed by atoms with van der Waals surface area (Å²) in [4.78, 5) is 12.2. The summed E-state index contributed by atoms with van der Waals surface area (Å²) in [6.07, 6.45) is 0.906. The van der Waals surface area contributed by atoms with Crippen LogP contribution in [0.5, 0.6) is 11.5 Å². The molecule has 2 rings (SSSR count). The lowest BCUT2D eigenvalue weighted by atomic mass is 10.2. The highest BCUT2D eigenvalue weighted by molar-refractivity contribution is 6.35. The van der Waals surface area contributed by atoms with Crippen LogP contribution in [0.15, 0.2) is 42.5 Å². The van der Waals surface area contributed by atoms with Crippen molar-refractivity contribution in [2.75, 3.05) is 18.5 Å². The first-order valence-electron chi connectivity index (χ1n) is 8.55. The van der Waals surface area contributed by atoms with Crippen LogP contribution in [0.25, 0.3) is 0 Å². The molecule has 0 saturated heterocycles. The standard InChI is InChI=1S/C20H23Cl2NO3/c1-14(2)13-26-19-7-4-3-6-17(19)23-20(24)8-5-11-25-18-10-9-15(21)12-16(18)22/h3-4,6-7,9-10,12,14H,5,8,11,13H2,1-2H3,(H,23,24). The molecule has 0 heterocycles. The highest BCUT2D eigenvalue weighted by Crippen LogP contribution is 2.28. The number of hydrogen-bond donors (Lipinski definition) is 1. The zero-order valence-corrected chi connectivity index (χ0v) is 16.4. The molecular weight excluding hydrogens is 373 g/mol. The fourth-order valence-corrected chi connectivity index (χ4v) is 2.64. The maximum atomic E-state index is 12.2. The van der Waals surface area contributed by atoms with Crippen molar-refractivity contribution < 1.29 is 14.3 Å². The van der Waals surface area contributed by atoms with Crippen molar-refractivity contribution in [3.05, 3.63) is 52.5 Å². The quantitative estimate of drug-likeness (QED) is 0.543. The molecule has 0 aliphatic heterocycles. The molecule has 0 aromatic heterocycles. The van der Waals surface area contributed by atoms with Crippen molar-refractivity contribution in [2.24, 2.45) is 5.92 Å². The van der Waals surface area contributed by atoms with Gasteiger partial charge in [-0.15, -0.1) is 0 Å². The van der Waals surface area contributed by atoms with Crippen molar-refractivity contribution in [3.63, 3.8) is 0 Å². The molecule has 0 spiro atoms. The molecule has 2 aromatic rings. The molecule has 0 aliphatic carbocycles. The number of carbonyl (C=O) groups is 1. The Hall–Kier alpha value is -1.91. The van der Waals surface area contributed by atoms with Crippen LogP contribution in [0, 0.1) is 5.92 Å². The third kappa shape index (κ3) is 6.77. The summed E-state index contributed by atoms with van der Waals surface area (Å²) in [5, 5.41) is 3.90. The minimum atomic E-state index is -0.0867. The van der Waals surface area contributed by atoms with Crippen LogP contribution in [0.3, 0.4) is 0 Å². The zero-order chi connectivity index (χ0) is 18.9. The van der Waals surface area contributed by atoms with Gasteiger partial charge < -0.3 is 14.8 Å². The molecular formula is C20H23Cl2NO3. The van der Waals surface area contributed by atoms with Gasteiger partial charge in [0.1, 0.15) is 11.5 Å². The molecule has 2 aromatic carbocycles. The first-order chi connectivity index (χ1) is 12.5. The van der Waals surface area contributed by atoms with Gasteiger partial charge >= 0.3 is 0 Å². The van der Waals surface area contributed by atoms with E-state index in [0.29, 0.717) is 59.2 Å². The van der Waals surface area contributed by atoms with E-state index in [1.807, 2.05) is 24.3 Å². The van der Waals surface area contributed by atoms with Crippen LogP contribution in [0.1, 0.15) is 26.7 Å². The minimum absolute atomic E-state index is 0.0867. The van der Waals surface area contributed by atoms with Gasteiger partial charge in [0, 0.05) is 11.4 Å². The van der Waals surface area contributed by atoms with Crippen molar-refractivity contribution in [1.29, 1.82) is 0 Å². The van der Waals surface area contributed by atoms with E-state index in [1.54, 1.807) is 18.2 Å². The molecule has 0 atom stereocenters. The summed E-state index contributed by atoms with van der Waals surface area (Å²) in [5.74, 6) is 1.56. The average molecular weight is 396 g/mol. The van der Waals surface area contributed by atoms with E-state index >= 15 is 0 Å². The molecule has 0 saturated carbocycles. The van der Waals surface area contributed by atoms with E-state index in [9.17, 15) is 4.79 Å². The van der Waals surface area contributed by atoms with E-state index < -0.39 is 0 Å². The van der Waals surface area contributed by atoms with Gasteiger partial charge in [-0.05, 0) is 42.7 Å². The van der Waals surface area contributed by atoms with Gasteiger partial charge in [-0.2, -0.15) is 0 Å². The predicted octanol–water partition coefficient (Wildman–Crippen LogP) is 5.83. The van der Waals surface area contributed by atoms with E-state index in [2.05, 4.69) is 19.2 Å². The molecule has 0 radical (unpaired) electrons. The van der Waals surface area contributed by atoms with Gasteiger partial charge in [0.25, 0.3) is 0 Å². The second-order valence-electron chi connectivity index (χ2n) is 6.28. The van der Waals surface area contributed by atoms with Crippen LogP contribution in [-0.2, 0) is 4.79 Å². The van der Waals surface area contributed by atoms with Crippen LogP contribution in [0.2, 0.25) is 10.0 Å². The molecule has 1 amide bonds. The lowest BCUT2D eigenvalue weighted by molar-refractivity contribution is -0.116. The van der Waals surface area contributed by atoms with Crippen molar-refractivity contribution in [3.8, 4) is 11.5 Å². The zero-order valence-electron chi connectivity index (χ0n) is 14.9. The van der Waals surface area contributed by atoms with Crippen LogP contribution >= 0.6 is 23.2 Å². The van der Waals surface area contributed by atoms with Gasteiger partial charge in [-0.1, -0.05) is 49.2 Å². The fraction of sp³-hybridized carbons (Fsp3) is 0.350. The molecule has 26 heavy (non-hydrogen) atoms. The maximum Gasteiger partial charge on any atom is 0.224 e. The highest BCUT2D eigenvalue weighted by Gasteiger charge is 2.09. The van der Waals surface area contributed by atoms with E-state index in [1.165, 1.54) is 0 Å². The summed E-state index contributed by atoms with van der Waals surface area (Å²) in [6, 6.07) is 12.5. The van der Waals surface area contributed by atoms with Gasteiger partial charge in [-0.3, -0.25) is 4.79 Å². The molecule has 4 nitrogen and oxygen atoms in total. The summed E-state index contributed by atoms with van der Waals surface area (Å²) in [5.41, 5.74) is 0.680. The van der Waals surface area contributed by atoms with Crippen LogP contribution < -0.4 is 14.8 Å². The number of halogens is 2. The summed E-state index contributed by atoms with van der Waals surface area (Å²) in [7, 11) is 0. The molecule has 0 unspecified atom stereocenters. The van der Waals surface area contributed by atoms with Crippen molar-refractivity contribution in [2.45, 2.75) is 26.7 Å². The molecule has 6 heteroatoms. The summed E-state index contributed by atoms with van der Waals surface area (Å²) >= 11 is 11.9. The molecule has 0 aliphatic rings. The normalized spacial score (nSPS) is 10.7. The molecule has 1 N–H and O–H groups in total. The Labute approximate surface area is 164 Å². The Morgan fingerprint density at radius 2 is 1.85 bits per heavy atom. The second-order valence-corrected chi connectivity index (χ2v) is 7.12. The Morgan fingerprint density at radius 1 is 1.08 bits per heavy atom. The lowest BCUT2D eigenvalue weighted by Gasteiger charge is -2.14. The lowest BCUT2D eigenvalue weighted by Crippen LogP contribution is -2.14. The second kappa shape index (κ2) is 10.3. The largest absolute Gasteiger partial charge is 0.492 e. The Morgan fingerprint density at radius 3 is 2.58 bits per heavy atom. The monoisotopic (exact) mass is 395 g/mol. The highest BCUT2D eigenvalue weighted by atomic mass is 35.5. The number of carbonyl (C=O) groups excluding carboxylic acids is 1.